The highest BCUT2D eigenvalue weighted by Gasteiger charge is 2.08. The second kappa shape index (κ2) is 10.2. The van der Waals surface area contributed by atoms with Gasteiger partial charge in [-0.2, -0.15) is 5.10 Å². The van der Waals surface area contributed by atoms with Crippen LogP contribution in [0.15, 0.2) is 65.1 Å². The fourth-order valence-corrected chi connectivity index (χ4v) is 3.08. The summed E-state index contributed by atoms with van der Waals surface area (Å²) in [6, 6.07) is 17.6. The number of para-hydroxylation sites is 1. The molecule has 2 aromatic carbocycles. The fourth-order valence-electron chi connectivity index (χ4n) is 2.43. The molecule has 0 saturated carbocycles. The number of nitrogens with one attached hydrogen (secondary N) is 1. The number of carbonyl (C=O) groups excluding carboxylic acids is 1. The van der Waals surface area contributed by atoms with Crippen LogP contribution in [0.5, 0.6) is 5.75 Å². The predicted octanol–water partition coefficient (Wildman–Crippen LogP) is 4.27. The van der Waals surface area contributed by atoms with E-state index in [2.05, 4.69) is 15.5 Å². The first kappa shape index (κ1) is 19.6. The second-order valence-corrected chi connectivity index (χ2v) is 6.65. The lowest BCUT2D eigenvalue weighted by molar-refractivity contribution is -0.142. The average molecular weight is 395 g/mol. The first-order valence-corrected chi connectivity index (χ1v) is 9.77. The van der Waals surface area contributed by atoms with E-state index in [1.54, 1.807) is 13.1 Å². The molecule has 0 aliphatic rings. The highest BCUT2D eigenvalue weighted by molar-refractivity contribution is 7.13. The second-order valence-electron chi connectivity index (χ2n) is 5.80. The maximum atomic E-state index is 11.5. The molecular weight excluding hydrogens is 374 g/mol. The molecule has 28 heavy (non-hydrogen) atoms. The van der Waals surface area contributed by atoms with Crippen molar-refractivity contribution in [2.24, 2.45) is 5.10 Å². The molecule has 0 amide bonds. The van der Waals surface area contributed by atoms with Gasteiger partial charge in [-0.05, 0) is 24.6 Å². The third-order valence-electron chi connectivity index (χ3n) is 3.74. The Morgan fingerprint density at radius 1 is 1.18 bits per heavy atom. The zero-order valence-corrected chi connectivity index (χ0v) is 16.3. The van der Waals surface area contributed by atoms with Gasteiger partial charge in [0.2, 0.25) is 5.13 Å². The number of ether oxygens (including phenoxy) is 2. The summed E-state index contributed by atoms with van der Waals surface area (Å²) in [5, 5.41) is 6.69. The van der Waals surface area contributed by atoms with Gasteiger partial charge in [0, 0.05) is 10.9 Å². The van der Waals surface area contributed by atoms with Gasteiger partial charge in [0.05, 0.1) is 24.9 Å². The molecule has 3 rings (SSSR count). The van der Waals surface area contributed by atoms with Crippen LogP contribution < -0.4 is 10.2 Å². The Hall–Kier alpha value is -3.19. The Morgan fingerprint density at radius 3 is 2.79 bits per heavy atom. The maximum Gasteiger partial charge on any atom is 0.311 e. The quantitative estimate of drug-likeness (QED) is 0.333. The lowest BCUT2D eigenvalue weighted by Gasteiger charge is -2.08. The molecule has 3 aromatic rings. The van der Waals surface area contributed by atoms with E-state index in [1.807, 2.05) is 60.0 Å². The van der Waals surface area contributed by atoms with Crippen molar-refractivity contribution in [3.63, 3.8) is 0 Å². The molecule has 1 N–H and O–H groups in total. The van der Waals surface area contributed by atoms with E-state index in [4.69, 9.17) is 9.47 Å². The van der Waals surface area contributed by atoms with Crippen LogP contribution in [0.3, 0.4) is 0 Å². The molecule has 0 aliphatic carbocycles. The molecule has 0 fully saturated rings. The van der Waals surface area contributed by atoms with Gasteiger partial charge >= 0.3 is 5.97 Å². The standard InChI is InChI=1S/C21H21N3O3S/c1-2-26-20(25)12-18-15-28-21(23-18)24-22-13-16-8-6-7-9-17(16)14-27-19-10-4-3-5-11-19/h3-11,13,15H,2,12,14H2,1H3,(H,23,24). The van der Waals surface area contributed by atoms with Gasteiger partial charge in [-0.25, -0.2) is 4.98 Å². The van der Waals surface area contributed by atoms with Gasteiger partial charge in [-0.15, -0.1) is 11.3 Å². The number of hydrogen-bond donors (Lipinski definition) is 1. The molecule has 0 spiro atoms. The molecule has 0 bridgehead atoms. The smallest absolute Gasteiger partial charge is 0.311 e. The van der Waals surface area contributed by atoms with Crippen LogP contribution >= 0.6 is 11.3 Å². The molecule has 144 valence electrons. The number of benzene rings is 2. The number of thiazole rings is 1. The van der Waals surface area contributed by atoms with E-state index < -0.39 is 0 Å². The number of carbonyl (C=O) groups is 1. The summed E-state index contributed by atoms with van der Waals surface area (Å²) >= 11 is 1.39. The van der Waals surface area contributed by atoms with Crippen LogP contribution in [-0.4, -0.2) is 23.8 Å². The average Bonchev–Trinajstić information content (AvgIpc) is 3.15. The van der Waals surface area contributed by atoms with Crippen molar-refractivity contribution in [3.8, 4) is 5.75 Å². The number of anilines is 1. The molecule has 0 saturated heterocycles. The lowest BCUT2D eigenvalue weighted by Crippen LogP contribution is -2.07. The molecular formula is C21H21N3O3S. The van der Waals surface area contributed by atoms with Crippen molar-refractivity contribution < 1.29 is 14.3 Å². The summed E-state index contributed by atoms with van der Waals surface area (Å²) in [7, 11) is 0. The minimum absolute atomic E-state index is 0.162. The molecule has 0 atom stereocenters. The summed E-state index contributed by atoms with van der Waals surface area (Å²) in [4.78, 5) is 15.8. The number of hydrazone groups is 1. The number of rotatable bonds is 9. The number of esters is 1. The monoisotopic (exact) mass is 395 g/mol. The molecule has 7 heteroatoms. The Bertz CT molecular complexity index is 925. The van der Waals surface area contributed by atoms with Crippen LogP contribution in [-0.2, 0) is 22.6 Å². The summed E-state index contributed by atoms with van der Waals surface area (Å²) in [5.74, 6) is 0.541. The van der Waals surface area contributed by atoms with E-state index in [-0.39, 0.29) is 12.4 Å². The van der Waals surface area contributed by atoms with Gasteiger partial charge in [-0.1, -0.05) is 42.5 Å². The molecule has 0 radical (unpaired) electrons. The van der Waals surface area contributed by atoms with E-state index >= 15 is 0 Å². The lowest BCUT2D eigenvalue weighted by atomic mass is 10.1. The number of hydrogen-bond acceptors (Lipinski definition) is 7. The van der Waals surface area contributed by atoms with E-state index in [1.165, 1.54) is 11.3 Å². The molecule has 1 aromatic heterocycles. The van der Waals surface area contributed by atoms with Crippen LogP contribution in [0.25, 0.3) is 0 Å². The molecule has 0 unspecified atom stereocenters. The zero-order chi connectivity index (χ0) is 19.6. The Labute approximate surface area is 167 Å². The summed E-state index contributed by atoms with van der Waals surface area (Å²) in [6.07, 6.45) is 1.89. The van der Waals surface area contributed by atoms with E-state index in [0.717, 1.165) is 16.9 Å². The van der Waals surface area contributed by atoms with Crippen LogP contribution in [0.1, 0.15) is 23.7 Å². The zero-order valence-electron chi connectivity index (χ0n) is 15.5. The Balaban J connectivity index is 1.57. The fraction of sp³-hybridized carbons (Fsp3) is 0.190. The Morgan fingerprint density at radius 2 is 1.96 bits per heavy atom. The first-order chi connectivity index (χ1) is 13.7. The summed E-state index contributed by atoms with van der Waals surface area (Å²) in [5.41, 5.74) is 5.55. The van der Waals surface area contributed by atoms with Gasteiger partial charge in [0.15, 0.2) is 0 Å². The van der Waals surface area contributed by atoms with Crippen molar-refractivity contribution in [2.75, 3.05) is 12.0 Å². The van der Waals surface area contributed by atoms with Gasteiger partial charge in [0.25, 0.3) is 0 Å². The highest BCUT2D eigenvalue weighted by atomic mass is 32.1. The third-order valence-corrected chi connectivity index (χ3v) is 4.53. The summed E-state index contributed by atoms with van der Waals surface area (Å²) < 4.78 is 10.7. The minimum Gasteiger partial charge on any atom is -0.489 e. The number of aromatic nitrogens is 1. The van der Waals surface area contributed by atoms with Crippen LogP contribution in [0.4, 0.5) is 5.13 Å². The Kier molecular flexibility index (Phi) is 7.14. The third kappa shape index (κ3) is 5.92. The molecule has 1 heterocycles. The molecule has 6 nitrogen and oxygen atoms in total. The predicted molar refractivity (Wildman–Crippen MR) is 111 cm³/mol. The normalized spacial score (nSPS) is 10.8. The van der Waals surface area contributed by atoms with Crippen molar-refractivity contribution in [1.82, 2.24) is 4.98 Å². The van der Waals surface area contributed by atoms with Crippen molar-refractivity contribution in [1.29, 1.82) is 0 Å². The minimum atomic E-state index is -0.282. The first-order valence-electron chi connectivity index (χ1n) is 8.89. The van der Waals surface area contributed by atoms with Crippen LogP contribution in [0, 0.1) is 0 Å². The van der Waals surface area contributed by atoms with Crippen LogP contribution in [0.2, 0.25) is 0 Å². The number of nitrogens with zero attached hydrogens (tertiary/aromatic N) is 2. The van der Waals surface area contributed by atoms with E-state index in [9.17, 15) is 4.79 Å². The maximum absolute atomic E-state index is 11.5. The highest BCUT2D eigenvalue weighted by Crippen LogP contribution is 2.17. The summed E-state index contributed by atoms with van der Waals surface area (Å²) in [6.45, 7) is 2.60. The van der Waals surface area contributed by atoms with Gasteiger partial charge in [-0.3, -0.25) is 10.2 Å². The largest absolute Gasteiger partial charge is 0.489 e. The van der Waals surface area contributed by atoms with Crippen molar-refractivity contribution >= 4 is 28.7 Å². The topological polar surface area (TPSA) is 72.8 Å². The van der Waals surface area contributed by atoms with Gasteiger partial charge in [0.1, 0.15) is 12.4 Å². The molecule has 0 aliphatic heterocycles. The SMILES string of the molecule is CCOC(=O)Cc1csc(NN=Cc2ccccc2COc2ccccc2)n1. The van der Waals surface area contributed by atoms with Gasteiger partial charge < -0.3 is 9.47 Å². The van der Waals surface area contributed by atoms with Crippen molar-refractivity contribution in [2.45, 2.75) is 20.0 Å². The van der Waals surface area contributed by atoms with E-state index in [0.29, 0.717) is 24.0 Å². The van der Waals surface area contributed by atoms with Crippen molar-refractivity contribution in [3.05, 3.63) is 76.8 Å².